The van der Waals surface area contributed by atoms with Gasteiger partial charge in [0.2, 0.25) is 0 Å². The fraction of sp³-hybridized carbons (Fsp3) is 0.625. The summed E-state index contributed by atoms with van der Waals surface area (Å²) in [6.07, 6.45) is 0. The van der Waals surface area contributed by atoms with E-state index in [0.29, 0.717) is 25.3 Å². The lowest BCUT2D eigenvalue weighted by Crippen LogP contribution is -2.24. The molecule has 0 aromatic carbocycles. The molecule has 5 nitrogen and oxygen atoms in total. The van der Waals surface area contributed by atoms with E-state index in [4.69, 9.17) is 9.73 Å². The molecule has 0 atom stereocenters. The van der Waals surface area contributed by atoms with Crippen LogP contribution in [0.4, 0.5) is 0 Å². The second-order valence-corrected chi connectivity index (χ2v) is 2.74. The molecule has 0 bridgehead atoms. The molecule has 1 saturated heterocycles. The lowest BCUT2D eigenvalue weighted by molar-refractivity contribution is -0.370. The Morgan fingerprint density at radius 2 is 2.46 bits per heavy atom. The number of ether oxygens (including phenoxy) is 1. The minimum Gasteiger partial charge on any atom is -0.461 e. The molecular formula is C8H13NO4. The quantitative estimate of drug-likeness (QED) is 0.359. The van der Waals surface area contributed by atoms with Crippen molar-refractivity contribution >= 4 is 5.97 Å². The zero-order valence-electron chi connectivity index (χ0n) is 7.62. The van der Waals surface area contributed by atoms with E-state index < -0.39 is 0 Å². The van der Waals surface area contributed by atoms with Crippen LogP contribution in [0.25, 0.3) is 0 Å². The number of esters is 1. The van der Waals surface area contributed by atoms with Crippen molar-refractivity contribution in [1.82, 2.24) is 5.06 Å². The molecule has 0 N–H and O–H groups in total. The summed E-state index contributed by atoms with van der Waals surface area (Å²) in [7, 11) is 0. The SMILES string of the molecule is C=C(C)C(=O)OCCN1CCOO1. The summed E-state index contributed by atoms with van der Waals surface area (Å²) in [5.74, 6) is -0.375. The first kappa shape index (κ1) is 10.2. The predicted molar refractivity (Wildman–Crippen MR) is 44.4 cm³/mol. The molecule has 0 aliphatic carbocycles. The number of carbonyl (C=O) groups is 1. The molecule has 0 aromatic rings. The van der Waals surface area contributed by atoms with Gasteiger partial charge >= 0.3 is 5.97 Å². The highest BCUT2D eigenvalue weighted by molar-refractivity contribution is 5.86. The Morgan fingerprint density at radius 1 is 1.69 bits per heavy atom. The molecule has 0 unspecified atom stereocenters. The monoisotopic (exact) mass is 187 g/mol. The molecule has 1 aliphatic heterocycles. The molecule has 5 heteroatoms. The Bertz CT molecular complexity index is 198. The summed E-state index contributed by atoms with van der Waals surface area (Å²) < 4.78 is 4.85. The van der Waals surface area contributed by atoms with Crippen molar-refractivity contribution in [3.63, 3.8) is 0 Å². The Labute approximate surface area is 76.7 Å². The Hall–Kier alpha value is -0.910. The van der Waals surface area contributed by atoms with Gasteiger partial charge in [0.15, 0.2) is 0 Å². The van der Waals surface area contributed by atoms with E-state index in [2.05, 4.69) is 11.5 Å². The van der Waals surface area contributed by atoms with E-state index in [-0.39, 0.29) is 12.6 Å². The average Bonchev–Trinajstić information content (AvgIpc) is 2.56. The van der Waals surface area contributed by atoms with Crippen LogP contribution in [0.1, 0.15) is 6.92 Å². The first-order chi connectivity index (χ1) is 6.20. The van der Waals surface area contributed by atoms with Crippen LogP contribution in [0.3, 0.4) is 0 Å². The van der Waals surface area contributed by atoms with E-state index in [9.17, 15) is 4.79 Å². The zero-order chi connectivity index (χ0) is 9.68. The molecule has 0 saturated carbocycles. The van der Waals surface area contributed by atoms with E-state index in [0.717, 1.165) is 0 Å². The molecule has 0 spiro atoms. The van der Waals surface area contributed by atoms with E-state index in [1.165, 1.54) is 0 Å². The van der Waals surface area contributed by atoms with Gasteiger partial charge in [-0.1, -0.05) is 6.58 Å². The maximum absolute atomic E-state index is 10.9. The summed E-state index contributed by atoms with van der Waals surface area (Å²) in [6, 6.07) is 0. The van der Waals surface area contributed by atoms with Crippen molar-refractivity contribution in [3.05, 3.63) is 12.2 Å². The van der Waals surface area contributed by atoms with Crippen molar-refractivity contribution in [2.24, 2.45) is 0 Å². The number of nitrogens with zero attached hydrogens (tertiary/aromatic N) is 1. The fourth-order valence-corrected chi connectivity index (χ4v) is 0.801. The second kappa shape index (κ2) is 4.96. The number of hydroxylamine groups is 2. The van der Waals surface area contributed by atoms with Crippen LogP contribution in [0.15, 0.2) is 12.2 Å². The van der Waals surface area contributed by atoms with E-state index in [1.807, 2.05) is 0 Å². The largest absolute Gasteiger partial charge is 0.461 e. The Morgan fingerprint density at radius 3 is 3.00 bits per heavy atom. The zero-order valence-corrected chi connectivity index (χ0v) is 7.62. The third-order valence-electron chi connectivity index (χ3n) is 1.50. The van der Waals surface area contributed by atoms with Gasteiger partial charge < -0.3 is 4.74 Å². The number of hydrogen-bond donors (Lipinski definition) is 0. The van der Waals surface area contributed by atoms with Crippen LogP contribution < -0.4 is 0 Å². The molecule has 0 aromatic heterocycles. The molecule has 0 amide bonds. The lowest BCUT2D eigenvalue weighted by atomic mass is 10.4. The maximum atomic E-state index is 10.9. The average molecular weight is 187 g/mol. The van der Waals surface area contributed by atoms with Gasteiger partial charge in [-0.05, 0) is 6.92 Å². The van der Waals surface area contributed by atoms with Gasteiger partial charge in [-0.2, -0.15) is 5.06 Å². The van der Waals surface area contributed by atoms with Gasteiger partial charge in [0.25, 0.3) is 0 Å². The van der Waals surface area contributed by atoms with Crippen molar-refractivity contribution in [2.75, 3.05) is 26.3 Å². The van der Waals surface area contributed by atoms with Crippen LogP contribution in [-0.4, -0.2) is 37.3 Å². The van der Waals surface area contributed by atoms with Gasteiger partial charge in [-0.3, -0.25) is 0 Å². The molecule has 74 valence electrons. The first-order valence-electron chi connectivity index (χ1n) is 4.07. The highest BCUT2D eigenvalue weighted by Crippen LogP contribution is 2.00. The summed E-state index contributed by atoms with van der Waals surface area (Å²) in [4.78, 5) is 20.2. The van der Waals surface area contributed by atoms with Crippen LogP contribution in [0.2, 0.25) is 0 Å². The minimum atomic E-state index is -0.375. The number of hydrogen-bond acceptors (Lipinski definition) is 5. The van der Waals surface area contributed by atoms with E-state index in [1.54, 1.807) is 12.0 Å². The van der Waals surface area contributed by atoms with Crippen LogP contribution in [0.5, 0.6) is 0 Å². The highest BCUT2D eigenvalue weighted by atomic mass is 17.3. The van der Waals surface area contributed by atoms with Gasteiger partial charge in [-0.15, -0.1) is 4.99 Å². The van der Waals surface area contributed by atoms with Crippen LogP contribution >= 0.6 is 0 Å². The predicted octanol–water partition coefficient (Wildman–Crippen LogP) is 0.284. The molecule has 0 radical (unpaired) electrons. The van der Waals surface area contributed by atoms with Crippen LogP contribution in [0, 0.1) is 0 Å². The third-order valence-corrected chi connectivity index (χ3v) is 1.50. The summed E-state index contributed by atoms with van der Waals surface area (Å²) in [6.45, 7) is 7.12. The van der Waals surface area contributed by atoms with Gasteiger partial charge in [0, 0.05) is 5.57 Å². The normalized spacial score (nSPS) is 17.3. The van der Waals surface area contributed by atoms with Gasteiger partial charge in [-0.25, -0.2) is 9.68 Å². The number of rotatable bonds is 4. The van der Waals surface area contributed by atoms with Gasteiger partial charge in [0.05, 0.1) is 19.7 Å². The van der Waals surface area contributed by atoms with Crippen LogP contribution in [-0.2, 0) is 19.4 Å². The molecular weight excluding hydrogens is 174 g/mol. The molecule has 1 rings (SSSR count). The third kappa shape index (κ3) is 3.54. The lowest BCUT2D eigenvalue weighted by Gasteiger charge is -2.10. The van der Waals surface area contributed by atoms with E-state index >= 15 is 0 Å². The summed E-state index contributed by atoms with van der Waals surface area (Å²) in [5.41, 5.74) is 0.401. The molecule has 1 heterocycles. The van der Waals surface area contributed by atoms with Crippen molar-refractivity contribution < 1.29 is 19.4 Å². The highest BCUT2D eigenvalue weighted by Gasteiger charge is 2.14. The second-order valence-electron chi connectivity index (χ2n) is 2.74. The van der Waals surface area contributed by atoms with Crippen molar-refractivity contribution in [3.8, 4) is 0 Å². The van der Waals surface area contributed by atoms with Crippen molar-refractivity contribution in [2.45, 2.75) is 6.92 Å². The Balaban J connectivity index is 2.06. The Kier molecular flexibility index (Phi) is 3.88. The fourth-order valence-electron chi connectivity index (χ4n) is 0.801. The molecule has 1 fully saturated rings. The molecule has 1 aliphatic rings. The van der Waals surface area contributed by atoms with Gasteiger partial charge in [0.1, 0.15) is 6.61 Å². The maximum Gasteiger partial charge on any atom is 0.333 e. The standard InChI is InChI=1S/C8H13NO4/c1-7(2)8(10)11-5-3-9-4-6-12-13-9/h1,3-6H2,2H3. The number of carbonyl (C=O) groups excluding carboxylic acids is 1. The summed E-state index contributed by atoms with van der Waals surface area (Å²) >= 11 is 0. The summed E-state index contributed by atoms with van der Waals surface area (Å²) in [5, 5.41) is 1.59. The van der Waals surface area contributed by atoms with Crippen molar-refractivity contribution in [1.29, 1.82) is 0 Å². The smallest absolute Gasteiger partial charge is 0.333 e. The first-order valence-corrected chi connectivity index (χ1v) is 4.07. The topological polar surface area (TPSA) is 48.0 Å². The minimum absolute atomic E-state index is 0.287. The molecule has 13 heavy (non-hydrogen) atoms.